The summed E-state index contributed by atoms with van der Waals surface area (Å²) in [5.74, 6) is 0. The zero-order valence-electron chi connectivity index (χ0n) is 7.45. The van der Waals surface area contributed by atoms with Crippen molar-refractivity contribution < 1.29 is 13.6 Å². The first-order valence-electron chi connectivity index (χ1n) is 3.98. The number of hydrogen-bond acceptors (Lipinski definition) is 5. The maximum atomic E-state index is 11.0. The molecule has 0 amide bonds. The quantitative estimate of drug-likeness (QED) is 0.484. The molecule has 0 aromatic carbocycles. The Bertz CT molecular complexity index is 131. The standard InChI is InChI=1S/C6H17N2O3P/c1-3-5(7)10-12(9)11-6(8)4-2/h5-6,12H,3-4,7-8H2,1-2H3. The lowest BCUT2D eigenvalue weighted by molar-refractivity contribution is 0.130. The molecule has 5 nitrogen and oxygen atoms in total. The minimum Gasteiger partial charge on any atom is -0.306 e. The Hall–Kier alpha value is 0.0700. The smallest absolute Gasteiger partial charge is 0.306 e. The highest BCUT2D eigenvalue weighted by Gasteiger charge is 2.09. The van der Waals surface area contributed by atoms with Crippen molar-refractivity contribution in [1.29, 1.82) is 0 Å². The van der Waals surface area contributed by atoms with Gasteiger partial charge < -0.3 is 11.5 Å². The molecule has 0 fully saturated rings. The van der Waals surface area contributed by atoms with Gasteiger partial charge in [0.25, 0.3) is 0 Å². The number of nitrogens with two attached hydrogens (primary N) is 2. The van der Waals surface area contributed by atoms with Gasteiger partial charge in [-0.3, -0.25) is 13.6 Å². The van der Waals surface area contributed by atoms with E-state index in [1.54, 1.807) is 0 Å². The van der Waals surface area contributed by atoms with Crippen LogP contribution in [0.3, 0.4) is 0 Å². The lowest BCUT2D eigenvalue weighted by Crippen LogP contribution is -2.23. The predicted molar refractivity (Wildman–Crippen MR) is 47.7 cm³/mol. The van der Waals surface area contributed by atoms with Crippen molar-refractivity contribution >= 4 is 8.25 Å². The van der Waals surface area contributed by atoms with Gasteiger partial charge in [-0.2, -0.15) is 0 Å². The summed E-state index contributed by atoms with van der Waals surface area (Å²) in [6, 6.07) is 0. The molecule has 0 radical (unpaired) electrons. The van der Waals surface area contributed by atoms with Crippen LogP contribution in [0.1, 0.15) is 26.7 Å². The molecule has 0 aromatic rings. The fourth-order valence-corrected chi connectivity index (χ4v) is 1.32. The normalized spacial score (nSPS) is 18.7. The second-order valence-corrected chi connectivity index (χ2v) is 3.35. The van der Waals surface area contributed by atoms with Crippen LogP contribution in [0, 0.1) is 0 Å². The van der Waals surface area contributed by atoms with Crippen LogP contribution in [0.5, 0.6) is 0 Å². The molecule has 74 valence electrons. The van der Waals surface area contributed by atoms with Crippen molar-refractivity contribution in [2.24, 2.45) is 11.5 Å². The molecule has 0 spiro atoms. The second-order valence-electron chi connectivity index (χ2n) is 2.38. The zero-order chi connectivity index (χ0) is 9.56. The van der Waals surface area contributed by atoms with E-state index in [2.05, 4.69) is 0 Å². The predicted octanol–water partition coefficient (Wildman–Crippen LogP) is 0.799. The van der Waals surface area contributed by atoms with Gasteiger partial charge >= 0.3 is 8.25 Å². The molecule has 12 heavy (non-hydrogen) atoms. The van der Waals surface area contributed by atoms with E-state index in [4.69, 9.17) is 20.5 Å². The van der Waals surface area contributed by atoms with E-state index in [1.807, 2.05) is 13.8 Å². The van der Waals surface area contributed by atoms with Crippen molar-refractivity contribution in [2.75, 3.05) is 0 Å². The second kappa shape index (κ2) is 6.57. The molecule has 0 saturated heterocycles. The van der Waals surface area contributed by atoms with Gasteiger partial charge in [0.1, 0.15) is 12.5 Å². The fourth-order valence-electron chi connectivity index (χ4n) is 0.442. The van der Waals surface area contributed by atoms with Crippen LogP contribution in [0.2, 0.25) is 0 Å². The van der Waals surface area contributed by atoms with Gasteiger partial charge in [-0.15, -0.1) is 0 Å². The first kappa shape index (κ1) is 12.1. The van der Waals surface area contributed by atoms with E-state index in [0.29, 0.717) is 12.8 Å². The summed E-state index contributed by atoms with van der Waals surface area (Å²) in [6.45, 7) is 3.67. The molecule has 0 bridgehead atoms. The maximum Gasteiger partial charge on any atom is 0.322 e. The van der Waals surface area contributed by atoms with Crippen LogP contribution in [0.25, 0.3) is 0 Å². The van der Waals surface area contributed by atoms with Crippen molar-refractivity contribution in [3.8, 4) is 0 Å². The molecule has 2 unspecified atom stereocenters. The minimum atomic E-state index is -2.51. The Morgan fingerprint density at radius 3 is 1.75 bits per heavy atom. The highest BCUT2D eigenvalue weighted by atomic mass is 31.1. The van der Waals surface area contributed by atoms with Crippen molar-refractivity contribution in [1.82, 2.24) is 0 Å². The summed E-state index contributed by atoms with van der Waals surface area (Å²) in [5.41, 5.74) is 10.7. The maximum absolute atomic E-state index is 11.0. The topological polar surface area (TPSA) is 87.6 Å². The Morgan fingerprint density at radius 2 is 1.50 bits per heavy atom. The van der Waals surface area contributed by atoms with Crippen LogP contribution in [-0.2, 0) is 13.6 Å². The molecule has 0 aliphatic heterocycles. The average Bonchev–Trinajstić information content (AvgIpc) is 2.03. The van der Waals surface area contributed by atoms with Gasteiger partial charge in [-0.1, -0.05) is 13.8 Å². The molecular weight excluding hydrogens is 179 g/mol. The number of hydrogen-bond donors (Lipinski definition) is 2. The summed E-state index contributed by atoms with van der Waals surface area (Å²) in [6.07, 6.45) is 0.142. The molecule has 2 atom stereocenters. The van der Waals surface area contributed by atoms with Crippen molar-refractivity contribution in [3.63, 3.8) is 0 Å². The van der Waals surface area contributed by atoms with Gasteiger partial charge in [0.15, 0.2) is 0 Å². The Kier molecular flexibility index (Phi) is 6.61. The molecular formula is C6H17N2O3P. The van der Waals surface area contributed by atoms with Gasteiger partial charge in [-0.05, 0) is 12.8 Å². The Morgan fingerprint density at radius 1 is 1.17 bits per heavy atom. The summed E-state index contributed by atoms with van der Waals surface area (Å²) < 4.78 is 20.6. The van der Waals surface area contributed by atoms with Crippen molar-refractivity contribution in [3.05, 3.63) is 0 Å². The largest absolute Gasteiger partial charge is 0.322 e. The van der Waals surface area contributed by atoms with Crippen LogP contribution in [0.15, 0.2) is 0 Å². The summed E-state index contributed by atoms with van der Waals surface area (Å²) in [5, 5.41) is 0. The highest BCUT2D eigenvalue weighted by molar-refractivity contribution is 7.33. The molecule has 0 aliphatic rings. The van der Waals surface area contributed by atoms with E-state index in [1.165, 1.54) is 0 Å². The third-order valence-corrected chi connectivity index (χ3v) is 2.29. The van der Waals surface area contributed by atoms with Crippen LogP contribution < -0.4 is 11.5 Å². The summed E-state index contributed by atoms with van der Waals surface area (Å²) in [4.78, 5) is 0. The van der Waals surface area contributed by atoms with E-state index < -0.39 is 20.7 Å². The molecule has 0 saturated carbocycles. The highest BCUT2D eigenvalue weighted by Crippen LogP contribution is 2.26. The Labute approximate surface area is 73.3 Å². The van der Waals surface area contributed by atoms with Crippen molar-refractivity contribution in [2.45, 2.75) is 39.1 Å². The van der Waals surface area contributed by atoms with Gasteiger partial charge in [0, 0.05) is 0 Å². The molecule has 4 N–H and O–H groups in total. The minimum absolute atomic E-state index is 0.527. The molecule has 0 rings (SSSR count). The van der Waals surface area contributed by atoms with Gasteiger partial charge in [0.05, 0.1) is 0 Å². The monoisotopic (exact) mass is 196 g/mol. The molecule has 0 heterocycles. The number of rotatable bonds is 6. The molecule has 0 aliphatic carbocycles. The third-order valence-electron chi connectivity index (χ3n) is 1.30. The lowest BCUT2D eigenvalue weighted by atomic mass is 10.5. The summed E-state index contributed by atoms with van der Waals surface area (Å²) >= 11 is 0. The lowest BCUT2D eigenvalue weighted by Gasteiger charge is -2.13. The third kappa shape index (κ3) is 5.69. The first-order valence-corrected chi connectivity index (χ1v) is 5.21. The van der Waals surface area contributed by atoms with Crippen LogP contribution in [-0.4, -0.2) is 12.5 Å². The van der Waals surface area contributed by atoms with Gasteiger partial charge in [-0.25, -0.2) is 0 Å². The van der Waals surface area contributed by atoms with Gasteiger partial charge in [0.2, 0.25) is 0 Å². The first-order chi connectivity index (χ1) is 5.60. The van der Waals surface area contributed by atoms with E-state index >= 15 is 0 Å². The van der Waals surface area contributed by atoms with Crippen LogP contribution in [0.4, 0.5) is 0 Å². The van der Waals surface area contributed by atoms with E-state index in [0.717, 1.165) is 0 Å². The Balaban J connectivity index is 3.59. The zero-order valence-corrected chi connectivity index (χ0v) is 8.45. The summed E-state index contributed by atoms with van der Waals surface area (Å²) in [7, 11) is -2.51. The fraction of sp³-hybridized carbons (Fsp3) is 1.00. The average molecular weight is 196 g/mol. The molecule has 6 heteroatoms. The van der Waals surface area contributed by atoms with E-state index in [9.17, 15) is 4.57 Å². The SMILES string of the molecule is CCC(N)O[PH](=O)OC(N)CC. The molecule has 0 aromatic heterocycles. The van der Waals surface area contributed by atoms with E-state index in [-0.39, 0.29) is 0 Å². The van der Waals surface area contributed by atoms with Crippen LogP contribution >= 0.6 is 8.25 Å².